The summed E-state index contributed by atoms with van der Waals surface area (Å²) in [7, 11) is 1.17. The molecular formula is C6H8O3. The van der Waals surface area contributed by atoms with Gasteiger partial charge in [-0.15, -0.1) is 0 Å². The fourth-order valence-electron chi connectivity index (χ4n) is 0.320. The molecule has 3 nitrogen and oxygen atoms in total. The van der Waals surface area contributed by atoms with Crippen molar-refractivity contribution in [2.45, 2.75) is 6.92 Å². The molecule has 0 saturated carbocycles. The molecule has 0 aromatic carbocycles. The predicted octanol–water partition coefficient (Wildman–Crippen LogP) is 0.305. The third-order valence-corrected chi connectivity index (χ3v) is 0.705. The van der Waals surface area contributed by atoms with Gasteiger partial charge >= 0.3 is 5.97 Å². The van der Waals surface area contributed by atoms with E-state index in [9.17, 15) is 9.59 Å². The van der Waals surface area contributed by atoms with E-state index in [0.717, 1.165) is 6.08 Å². The average Bonchev–Trinajstić information content (AvgIpc) is 1.87. The second-order valence-corrected chi connectivity index (χ2v) is 1.36. The number of hydrogen-bond donors (Lipinski definition) is 0. The van der Waals surface area contributed by atoms with Gasteiger partial charge < -0.3 is 4.74 Å². The number of rotatable bonds is 2. The summed E-state index contributed by atoms with van der Waals surface area (Å²) < 4.78 is 4.12. The Balaban J connectivity index is 3.89. The summed E-state index contributed by atoms with van der Waals surface area (Å²) in [6.07, 6.45) is 2.64. The molecule has 50 valence electrons. The molecule has 0 amide bonds. The van der Waals surface area contributed by atoms with Gasteiger partial charge in [0, 0.05) is 0 Å². The molecule has 0 aliphatic heterocycles. The van der Waals surface area contributed by atoms with Crippen LogP contribution < -0.4 is 0 Å². The van der Waals surface area contributed by atoms with Crippen molar-refractivity contribution in [1.82, 2.24) is 0 Å². The van der Waals surface area contributed by atoms with Gasteiger partial charge in [0.1, 0.15) is 0 Å². The zero-order chi connectivity index (χ0) is 7.28. The van der Waals surface area contributed by atoms with Crippen LogP contribution in [0.15, 0.2) is 12.2 Å². The van der Waals surface area contributed by atoms with Crippen molar-refractivity contribution < 1.29 is 14.3 Å². The van der Waals surface area contributed by atoms with Crippen LogP contribution in [0.3, 0.4) is 0 Å². The molecule has 0 aromatic heterocycles. The molecule has 0 radical (unpaired) electrons. The standard InChI is InChI=1S/C6H8O3/c1-3-4-5(7)6(8)9-2/h3-4H,1-2H3. The third-order valence-electron chi connectivity index (χ3n) is 0.705. The molecule has 0 aliphatic carbocycles. The first kappa shape index (κ1) is 7.88. The number of hydrogen-bond acceptors (Lipinski definition) is 3. The quantitative estimate of drug-likeness (QED) is 0.305. The Labute approximate surface area is 53.3 Å². The molecule has 3 heteroatoms. The first-order chi connectivity index (χ1) is 4.22. The Bertz CT molecular complexity index is 146. The average molecular weight is 128 g/mol. The third kappa shape index (κ3) is 2.64. The van der Waals surface area contributed by atoms with E-state index in [0.29, 0.717) is 0 Å². The maximum atomic E-state index is 10.4. The Hall–Kier alpha value is -1.12. The lowest BCUT2D eigenvalue weighted by Crippen LogP contribution is -2.11. The minimum atomic E-state index is -0.826. The Morgan fingerprint density at radius 3 is 2.33 bits per heavy atom. The van der Waals surface area contributed by atoms with Crippen LogP contribution in [0.2, 0.25) is 0 Å². The highest BCUT2D eigenvalue weighted by atomic mass is 16.5. The summed E-state index contributed by atoms with van der Waals surface area (Å²) in [5.74, 6) is -1.45. The van der Waals surface area contributed by atoms with E-state index in [1.54, 1.807) is 6.92 Å². The molecule has 0 rings (SSSR count). The summed E-state index contributed by atoms with van der Waals surface area (Å²) in [5.41, 5.74) is 0. The van der Waals surface area contributed by atoms with E-state index in [2.05, 4.69) is 4.74 Å². The molecule has 0 aliphatic rings. The van der Waals surface area contributed by atoms with E-state index in [1.807, 2.05) is 0 Å². The summed E-state index contributed by atoms with van der Waals surface area (Å²) in [6, 6.07) is 0. The van der Waals surface area contributed by atoms with Crippen LogP contribution in [-0.4, -0.2) is 18.9 Å². The van der Waals surface area contributed by atoms with Crippen LogP contribution in [0.25, 0.3) is 0 Å². The summed E-state index contributed by atoms with van der Waals surface area (Å²) >= 11 is 0. The highest BCUT2D eigenvalue weighted by Crippen LogP contribution is 1.79. The highest BCUT2D eigenvalue weighted by Gasteiger charge is 2.07. The van der Waals surface area contributed by atoms with Crippen LogP contribution in [0.5, 0.6) is 0 Å². The van der Waals surface area contributed by atoms with Gasteiger partial charge in [0.15, 0.2) is 0 Å². The first-order valence-electron chi connectivity index (χ1n) is 2.47. The predicted molar refractivity (Wildman–Crippen MR) is 31.8 cm³/mol. The van der Waals surface area contributed by atoms with Crippen molar-refractivity contribution in [3.63, 3.8) is 0 Å². The molecule has 0 aromatic rings. The minimum Gasteiger partial charge on any atom is -0.463 e. The number of methoxy groups -OCH3 is 1. The van der Waals surface area contributed by atoms with Gasteiger partial charge in [0.25, 0.3) is 5.78 Å². The van der Waals surface area contributed by atoms with Gasteiger partial charge in [0.05, 0.1) is 7.11 Å². The van der Waals surface area contributed by atoms with Crippen LogP contribution in [0, 0.1) is 0 Å². The summed E-state index contributed by atoms with van der Waals surface area (Å²) in [6.45, 7) is 1.65. The van der Waals surface area contributed by atoms with Crippen molar-refractivity contribution >= 4 is 11.8 Å². The van der Waals surface area contributed by atoms with Crippen LogP contribution in [0.4, 0.5) is 0 Å². The normalized spacial score (nSPS) is 9.56. The van der Waals surface area contributed by atoms with Crippen LogP contribution in [0.1, 0.15) is 6.92 Å². The maximum Gasteiger partial charge on any atom is 0.378 e. The molecule has 0 heterocycles. The fraction of sp³-hybridized carbons (Fsp3) is 0.333. The Kier molecular flexibility index (Phi) is 3.35. The van der Waals surface area contributed by atoms with Gasteiger partial charge in [-0.2, -0.15) is 0 Å². The van der Waals surface area contributed by atoms with E-state index < -0.39 is 11.8 Å². The van der Waals surface area contributed by atoms with Gasteiger partial charge in [-0.25, -0.2) is 4.79 Å². The molecule has 0 fully saturated rings. The van der Waals surface area contributed by atoms with E-state index >= 15 is 0 Å². The van der Waals surface area contributed by atoms with E-state index in [-0.39, 0.29) is 0 Å². The molecule has 0 unspecified atom stereocenters. The zero-order valence-electron chi connectivity index (χ0n) is 5.38. The van der Waals surface area contributed by atoms with Crippen LogP contribution >= 0.6 is 0 Å². The number of ketones is 1. The van der Waals surface area contributed by atoms with E-state index in [1.165, 1.54) is 13.2 Å². The lowest BCUT2D eigenvalue weighted by molar-refractivity contribution is -0.149. The van der Waals surface area contributed by atoms with Gasteiger partial charge in [0.2, 0.25) is 0 Å². The minimum absolute atomic E-state index is 0.625. The van der Waals surface area contributed by atoms with Crippen molar-refractivity contribution in [1.29, 1.82) is 0 Å². The Morgan fingerprint density at radius 1 is 1.44 bits per heavy atom. The summed E-state index contributed by atoms with van der Waals surface area (Å²) in [4.78, 5) is 20.7. The monoisotopic (exact) mass is 128 g/mol. The van der Waals surface area contributed by atoms with Crippen molar-refractivity contribution in [3.05, 3.63) is 12.2 Å². The SMILES string of the molecule is CC=CC(=O)C(=O)OC. The van der Waals surface area contributed by atoms with Gasteiger partial charge in [-0.05, 0) is 13.0 Å². The number of ether oxygens (including phenoxy) is 1. The number of carbonyl (C=O) groups excluding carboxylic acids is 2. The molecule has 0 atom stereocenters. The molecule has 0 saturated heterocycles. The second-order valence-electron chi connectivity index (χ2n) is 1.36. The fourth-order valence-corrected chi connectivity index (χ4v) is 0.320. The summed E-state index contributed by atoms with van der Waals surface area (Å²) in [5, 5.41) is 0. The topological polar surface area (TPSA) is 43.4 Å². The second kappa shape index (κ2) is 3.83. The molecular weight excluding hydrogens is 120 g/mol. The highest BCUT2D eigenvalue weighted by molar-refractivity contribution is 6.38. The zero-order valence-corrected chi connectivity index (χ0v) is 5.38. The number of allylic oxidation sites excluding steroid dienone is 1. The molecule has 0 bridgehead atoms. The number of carbonyl (C=O) groups is 2. The molecule has 0 N–H and O–H groups in total. The Morgan fingerprint density at radius 2 is 2.00 bits per heavy atom. The number of esters is 1. The van der Waals surface area contributed by atoms with Gasteiger partial charge in [-0.3, -0.25) is 4.79 Å². The lowest BCUT2D eigenvalue weighted by Gasteiger charge is -1.88. The molecule has 9 heavy (non-hydrogen) atoms. The first-order valence-corrected chi connectivity index (χ1v) is 2.47. The molecule has 0 spiro atoms. The van der Waals surface area contributed by atoms with E-state index in [4.69, 9.17) is 0 Å². The van der Waals surface area contributed by atoms with Crippen molar-refractivity contribution in [2.75, 3.05) is 7.11 Å². The van der Waals surface area contributed by atoms with Gasteiger partial charge in [-0.1, -0.05) is 6.08 Å². The smallest absolute Gasteiger partial charge is 0.378 e. The maximum absolute atomic E-state index is 10.4. The van der Waals surface area contributed by atoms with Crippen LogP contribution in [-0.2, 0) is 14.3 Å². The van der Waals surface area contributed by atoms with Crippen molar-refractivity contribution in [2.24, 2.45) is 0 Å². The van der Waals surface area contributed by atoms with Crippen molar-refractivity contribution in [3.8, 4) is 0 Å². The lowest BCUT2D eigenvalue weighted by atomic mass is 10.4. The largest absolute Gasteiger partial charge is 0.463 e.